The van der Waals surface area contributed by atoms with Gasteiger partial charge in [-0.05, 0) is 60.9 Å². The fourth-order valence-electron chi connectivity index (χ4n) is 4.68. The molecule has 0 saturated carbocycles. The van der Waals surface area contributed by atoms with Crippen LogP contribution in [0.5, 0.6) is 11.5 Å². The number of benzene rings is 2. The zero-order valence-corrected chi connectivity index (χ0v) is 26.4. The highest BCUT2D eigenvalue weighted by atomic mass is 32.2. The lowest BCUT2D eigenvalue weighted by Crippen LogP contribution is -2.71. The number of rotatable bonds is 18. The number of hydrogen-bond donors (Lipinski definition) is 5. The van der Waals surface area contributed by atoms with Crippen LogP contribution in [0.4, 0.5) is 5.82 Å². The van der Waals surface area contributed by atoms with Crippen molar-refractivity contribution in [2.45, 2.75) is 57.6 Å². The highest BCUT2D eigenvalue weighted by Crippen LogP contribution is 2.35. The monoisotopic (exact) mass is 636 g/mol. The van der Waals surface area contributed by atoms with E-state index < -0.39 is 6.23 Å². The molecule has 13 heteroatoms. The molecule has 0 spiro atoms. The van der Waals surface area contributed by atoms with Gasteiger partial charge in [0, 0.05) is 52.7 Å². The summed E-state index contributed by atoms with van der Waals surface area (Å²) in [6.07, 6.45) is 7.62. The van der Waals surface area contributed by atoms with E-state index in [0.29, 0.717) is 40.7 Å². The van der Waals surface area contributed by atoms with Gasteiger partial charge in [-0.2, -0.15) is 14.9 Å². The summed E-state index contributed by atoms with van der Waals surface area (Å²) in [5, 5.41) is 49.1. The number of ether oxygens (including phenoxy) is 1. The van der Waals surface area contributed by atoms with E-state index >= 15 is 0 Å². The van der Waals surface area contributed by atoms with Crippen molar-refractivity contribution in [3.63, 3.8) is 0 Å². The molecule has 0 bridgehead atoms. The molecule has 0 radical (unpaired) electrons. The van der Waals surface area contributed by atoms with Crippen LogP contribution in [0.15, 0.2) is 77.0 Å². The number of quaternary nitrogens is 1. The minimum Gasteiger partial charge on any atom is -0.691 e. The molecule has 240 valence electrons. The third-order valence-corrected chi connectivity index (χ3v) is 7.92. The molecule has 0 aliphatic carbocycles. The summed E-state index contributed by atoms with van der Waals surface area (Å²) >= 11 is 0.806. The summed E-state index contributed by atoms with van der Waals surface area (Å²) in [6, 6.07) is 16.3. The number of aromatic nitrogens is 3. The fraction of sp³-hybridized carbons (Fsp3) is 0.344. The molecular weight excluding hydrogens is 596 g/mol. The molecule has 4 rings (SSSR count). The second-order valence-electron chi connectivity index (χ2n) is 11.2. The number of phenolic OH excluding ortho intramolecular Hbond substituents is 1. The largest absolute Gasteiger partial charge is 0.691 e. The Kier molecular flexibility index (Phi) is 12.9. The molecule has 0 saturated heterocycles. The fourth-order valence-corrected chi connectivity index (χ4v) is 5.13. The van der Waals surface area contributed by atoms with Crippen molar-refractivity contribution in [1.29, 1.82) is 0 Å². The maximum absolute atomic E-state index is 10.7. The zero-order valence-electron chi connectivity index (χ0n) is 25.6. The molecule has 4 aromatic rings. The Labute approximate surface area is 266 Å². The van der Waals surface area contributed by atoms with E-state index in [4.69, 9.17) is 4.74 Å². The Morgan fingerprint density at radius 2 is 2.02 bits per heavy atom. The van der Waals surface area contributed by atoms with Crippen molar-refractivity contribution >= 4 is 24.1 Å². The molecule has 12 nitrogen and oxygen atoms in total. The average molecular weight is 637 g/mol. The maximum Gasteiger partial charge on any atom is 0.250 e. The predicted octanol–water partition coefficient (Wildman–Crippen LogP) is 4.06. The number of pyridine rings is 1. The average Bonchev–Trinajstić information content (AvgIpc) is 3.58. The molecular formula is C32H40N6O6S. The van der Waals surface area contributed by atoms with Gasteiger partial charge in [0.15, 0.2) is 0 Å². The number of aromatic amines is 1. The lowest BCUT2D eigenvalue weighted by atomic mass is 9.87. The van der Waals surface area contributed by atoms with Crippen LogP contribution in [0, 0.1) is 5.41 Å². The van der Waals surface area contributed by atoms with Gasteiger partial charge in [-0.25, -0.2) is 4.98 Å². The summed E-state index contributed by atoms with van der Waals surface area (Å²) in [6.45, 7) is 7.57. The van der Waals surface area contributed by atoms with Crippen LogP contribution in [0.3, 0.4) is 0 Å². The molecule has 1 atom stereocenters. The van der Waals surface area contributed by atoms with E-state index in [1.54, 1.807) is 42.2 Å². The maximum atomic E-state index is 10.7. The van der Waals surface area contributed by atoms with Crippen LogP contribution >= 0.6 is 12.0 Å². The quantitative estimate of drug-likeness (QED) is 0.0204. The number of phenols is 1. The summed E-state index contributed by atoms with van der Waals surface area (Å²) in [5.74, 6) is 1.49. The molecule has 1 unspecified atom stereocenters. The molecule has 0 fully saturated rings. The van der Waals surface area contributed by atoms with Crippen molar-refractivity contribution < 1.29 is 35.0 Å². The lowest BCUT2D eigenvalue weighted by Gasteiger charge is -2.27. The van der Waals surface area contributed by atoms with Gasteiger partial charge in [-0.3, -0.25) is 15.5 Å². The Morgan fingerprint density at radius 3 is 2.76 bits per heavy atom. The minimum atomic E-state index is -0.852. The Bertz CT molecular complexity index is 1500. The van der Waals surface area contributed by atoms with Crippen LogP contribution in [0.2, 0.25) is 0 Å². The number of nitrogens with one attached hydrogen (secondary N) is 2. The number of aryl methyl sites for hydroxylation is 1. The van der Waals surface area contributed by atoms with Gasteiger partial charge in [-0.1, -0.05) is 44.1 Å². The first-order valence-electron chi connectivity index (χ1n) is 14.7. The second-order valence-corrected chi connectivity index (χ2v) is 12.0. The molecule has 2 aromatic carbocycles. The van der Waals surface area contributed by atoms with Crippen molar-refractivity contribution in [3.05, 3.63) is 83.7 Å². The standard InChI is InChI=1S/C32H40N6O6S/c1-4-22-17-25(26-13-15-35-37-26)27(39)18-28(22)42-16-8-7-14-32(2,3)21-34-31(40)24-11-12-30(33-19-24)38-36-20-23-9-5-6-10-29(23)45-44-43-41/h5-6,9-13,15,17-20,31,34,39-41H,4,7-8,14,16,21H2,1-3H3,(H,33,38)(H,35,37)/b36-20+. The van der Waals surface area contributed by atoms with Crippen LogP contribution in [0.25, 0.3) is 11.3 Å². The number of unbranched alkanes of at least 4 members (excludes halogenated alkanes) is 1. The lowest BCUT2D eigenvalue weighted by molar-refractivity contribution is -0.777. The first-order valence-corrected chi connectivity index (χ1v) is 15.5. The van der Waals surface area contributed by atoms with Crippen molar-refractivity contribution in [2.24, 2.45) is 10.5 Å². The topological polar surface area (TPSA) is 174 Å². The van der Waals surface area contributed by atoms with Gasteiger partial charge in [0.25, 0.3) is 5.82 Å². The second kappa shape index (κ2) is 17.0. The number of nitrogens with zero attached hydrogens (tertiary/aromatic N) is 3. The Morgan fingerprint density at radius 1 is 1.18 bits per heavy atom. The number of hydrogen-bond acceptors (Lipinski definition) is 11. The van der Waals surface area contributed by atoms with Crippen molar-refractivity contribution in [3.8, 4) is 22.8 Å². The zero-order chi connectivity index (χ0) is 32.1. The predicted molar refractivity (Wildman–Crippen MR) is 169 cm³/mol. The number of nitrogens with two attached hydrogens (primary N) is 1. The minimum absolute atomic E-state index is 0.0468. The van der Waals surface area contributed by atoms with Crippen LogP contribution in [-0.4, -0.2) is 44.8 Å². The SMILES string of the molecule is CCc1cc(-c2ccn[nH]2)c(O)cc1OCCCCC(C)(C)CNC(O)c1ccc([NH2+]/N=C/c2ccccc2SOO[O-])nc1. The highest BCUT2D eigenvalue weighted by molar-refractivity contribution is 7.94. The summed E-state index contributed by atoms with van der Waals surface area (Å²) in [5.41, 5.74) is 5.47. The molecule has 6 N–H and O–H groups in total. The summed E-state index contributed by atoms with van der Waals surface area (Å²) in [7, 11) is 0. The van der Waals surface area contributed by atoms with Crippen LogP contribution in [0.1, 0.15) is 63.0 Å². The molecule has 0 aliphatic rings. The summed E-state index contributed by atoms with van der Waals surface area (Å²) in [4.78, 5) is 5.06. The molecule has 2 heterocycles. The van der Waals surface area contributed by atoms with Gasteiger partial charge in [0.1, 0.15) is 17.7 Å². The van der Waals surface area contributed by atoms with E-state index in [2.05, 4.69) is 55.7 Å². The smallest absolute Gasteiger partial charge is 0.250 e. The highest BCUT2D eigenvalue weighted by Gasteiger charge is 2.20. The van der Waals surface area contributed by atoms with Crippen molar-refractivity contribution in [2.75, 3.05) is 13.2 Å². The Hall–Kier alpha value is -3.82. The van der Waals surface area contributed by atoms with Gasteiger partial charge < -0.3 is 20.2 Å². The first kappa shape index (κ1) is 34.1. The molecule has 0 amide bonds. The van der Waals surface area contributed by atoms with Gasteiger partial charge in [0.2, 0.25) is 0 Å². The normalized spacial score (nSPS) is 12.6. The van der Waals surface area contributed by atoms with Gasteiger partial charge >= 0.3 is 0 Å². The van der Waals surface area contributed by atoms with Gasteiger partial charge in [-0.15, -0.1) is 0 Å². The number of H-pyrrole nitrogens is 1. The van der Waals surface area contributed by atoms with Crippen LogP contribution < -0.4 is 20.7 Å². The third kappa shape index (κ3) is 10.4. The number of aromatic hydroxyl groups is 1. The van der Waals surface area contributed by atoms with E-state index in [0.717, 1.165) is 54.5 Å². The van der Waals surface area contributed by atoms with E-state index in [-0.39, 0.29) is 11.2 Å². The van der Waals surface area contributed by atoms with E-state index in [1.807, 2.05) is 36.4 Å². The van der Waals surface area contributed by atoms with Crippen LogP contribution in [-0.2, 0) is 15.8 Å². The number of aliphatic hydroxyl groups is 1. The third-order valence-electron chi connectivity index (χ3n) is 7.25. The molecule has 45 heavy (non-hydrogen) atoms. The summed E-state index contributed by atoms with van der Waals surface area (Å²) < 4.78 is 10.4. The number of aliphatic hydroxyl groups excluding tert-OH is 1. The Balaban J connectivity index is 1.18. The van der Waals surface area contributed by atoms with E-state index in [1.165, 1.54) is 0 Å². The molecule has 2 aromatic heterocycles. The van der Waals surface area contributed by atoms with Gasteiger partial charge in [0.05, 0.1) is 30.6 Å². The van der Waals surface area contributed by atoms with Crippen molar-refractivity contribution in [1.82, 2.24) is 20.5 Å². The van der Waals surface area contributed by atoms with E-state index in [9.17, 15) is 15.5 Å². The molecule has 0 aliphatic heterocycles. The first-order chi connectivity index (χ1) is 21.8.